The Labute approximate surface area is 314 Å². The molecule has 0 spiro atoms. The predicted octanol–water partition coefficient (Wildman–Crippen LogP) is 8.53. The van der Waals surface area contributed by atoms with E-state index in [0.717, 1.165) is 29.7 Å². The lowest BCUT2D eigenvalue weighted by molar-refractivity contribution is -0.118. The van der Waals surface area contributed by atoms with Crippen LogP contribution in [0.15, 0.2) is 41.6 Å². The van der Waals surface area contributed by atoms with Gasteiger partial charge in [0.1, 0.15) is 10.5 Å². The molecule has 18 heteroatoms. The SMILES string of the molecule is C.CCOP(=O)(Cc1cnc(NC(=O)[C@H](CC2CCCC2)c2ccc(S(C)(=O)=O)cc2)s1)OCC.COC(=O)c1cnc(NC(=O)OC(C)(C)C)s1. The Morgan fingerprint density at radius 2 is 1.54 bits per heavy atom. The van der Waals surface area contributed by atoms with Crippen LogP contribution in [-0.2, 0) is 43.9 Å². The molecule has 2 N–H and O–H groups in total. The Bertz CT molecular complexity index is 1760. The number of hydrogen-bond donors (Lipinski definition) is 2. The van der Waals surface area contributed by atoms with Gasteiger partial charge in [-0.15, -0.1) is 11.3 Å². The zero-order chi connectivity index (χ0) is 37.8. The zero-order valence-corrected chi connectivity index (χ0v) is 33.3. The molecule has 52 heavy (non-hydrogen) atoms. The van der Waals surface area contributed by atoms with Gasteiger partial charge in [0.2, 0.25) is 5.91 Å². The van der Waals surface area contributed by atoms with Gasteiger partial charge in [-0.05, 0) is 64.7 Å². The molecule has 1 atom stereocenters. The van der Waals surface area contributed by atoms with E-state index in [4.69, 9.17) is 13.8 Å². The Morgan fingerprint density at radius 1 is 0.962 bits per heavy atom. The van der Waals surface area contributed by atoms with Crippen LogP contribution in [0, 0.1) is 5.92 Å². The molecule has 0 unspecified atom stereocenters. The van der Waals surface area contributed by atoms with Crippen molar-refractivity contribution >= 4 is 68.3 Å². The van der Waals surface area contributed by atoms with Gasteiger partial charge >= 0.3 is 19.7 Å². The molecule has 2 amide bonds. The quantitative estimate of drug-likeness (QED) is 0.117. The van der Waals surface area contributed by atoms with Crippen LogP contribution < -0.4 is 10.6 Å². The van der Waals surface area contributed by atoms with Crippen LogP contribution >= 0.6 is 30.3 Å². The van der Waals surface area contributed by atoms with Crippen LogP contribution in [0.25, 0.3) is 0 Å². The number of hydrogen-bond acceptors (Lipinski definition) is 14. The minimum absolute atomic E-state index is 0. The van der Waals surface area contributed by atoms with E-state index < -0.39 is 41.0 Å². The summed E-state index contributed by atoms with van der Waals surface area (Å²) in [6, 6.07) is 6.56. The fourth-order valence-corrected chi connectivity index (χ4v) is 9.38. The van der Waals surface area contributed by atoms with Crippen molar-refractivity contribution in [3.63, 3.8) is 0 Å². The lowest BCUT2D eigenvalue weighted by Crippen LogP contribution is -2.27. The van der Waals surface area contributed by atoms with Crippen LogP contribution in [0.2, 0.25) is 0 Å². The zero-order valence-electron chi connectivity index (χ0n) is 29.9. The number of carbonyl (C=O) groups excluding carboxylic acids is 3. The maximum atomic E-state index is 13.3. The summed E-state index contributed by atoms with van der Waals surface area (Å²) < 4.78 is 56.7. The summed E-state index contributed by atoms with van der Waals surface area (Å²) in [5.41, 5.74) is 0.206. The number of carbonyl (C=O) groups is 3. The summed E-state index contributed by atoms with van der Waals surface area (Å²) in [4.78, 5) is 45.3. The third kappa shape index (κ3) is 14.7. The molecule has 0 aliphatic heterocycles. The van der Waals surface area contributed by atoms with Crippen molar-refractivity contribution in [1.29, 1.82) is 0 Å². The van der Waals surface area contributed by atoms with Crippen LogP contribution in [-0.4, -0.2) is 68.5 Å². The smallest absolute Gasteiger partial charge is 0.413 e. The van der Waals surface area contributed by atoms with Crippen molar-refractivity contribution in [1.82, 2.24) is 9.97 Å². The average molecular weight is 803 g/mol. The fourth-order valence-electron chi connectivity index (χ4n) is 5.18. The van der Waals surface area contributed by atoms with Gasteiger partial charge < -0.3 is 23.8 Å². The van der Waals surface area contributed by atoms with Crippen molar-refractivity contribution in [3.8, 4) is 0 Å². The molecule has 14 nitrogen and oxygen atoms in total. The second kappa shape index (κ2) is 20.3. The van der Waals surface area contributed by atoms with Crippen LogP contribution in [0.4, 0.5) is 15.1 Å². The van der Waals surface area contributed by atoms with E-state index in [1.165, 1.54) is 43.7 Å². The fraction of sp³-hybridized carbons (Fsp3) is 0.559. The van der Waals surface area contributed by atoms with Crippen molar-refractivity contribution in [2.75, 3.05) is 37.2 Å². The third-order valence-electron chi connectivity index (χ3n) is 7.36. The van der Waals surface area contributed by atoms with Gasteiger partial charge in [-0.2, -0.15) is 0 Å². The summed E-state index contributed by atoms with van der Waals surface area (Å²) in [7, 11) is -5.29. The first-order valence-corrected chi connectivity index (χ1v) is 21.7. The van der Waals surface area contributed by atoms with Crippen LogP contribution in [0.1, 0.15) is 100 Å². The number of ether oxygens (including phenoxy) is 2. The molecule has 0 bridgehead atoms. The highest BCUT2D eigenvalue weighted by atomic mass is 32.2. The molecule has 1 saturated carbocycles. The number of methoxy groups -OCH3 is 1. The highest BCUT2D eigenvalue weighted by Gasteiger charge is 2.29. The predicted molar refractivity (Wildman–Crippen MR) is 204 cm³/mol. The molecule has 0 radical (unpaired) electrons. The molecule has 290 valence electrons. The molecular formula is C34H51N4O10PS3. The first kappa shape index (κ1) is 44.9. The number of nitrogens with zero attached hydrogens (tertiary/aromatic N) is 2. The minimum Gasteiger partial charge on any atom is -0.465 e. The number of rotatable bonds is 14. The monoisotopic (exact) mass is 802 g/mol. The molecule has 0 saturated heterocycles. The van der Waals surface area contributed by atoms with Crippen LogP contribution in [0.5, 0.6) is 0 Å². The number of esters is 1. The Morgan fingerprint density at radius 3 is 2.08 bits per heavy atom. The molecule has 3 aromatic rings. The number of aromatic nitrogens is 2. The van der Waals surface area contributed by atoms with E-state index in [1.807, 2.05) is 0 Å². The number of thiazole rings is 2. The van der Waals surface area contributed by atoms with Crippen molar-refractivity contribution in [2.45, 2.75) is 96.7 Å². The first-order valence-electron chi connectivity index (χ1n) is 16.4. The van der Waals surface area contributed by atoms with E-state index in [9.17, 15) is 27.4 Å². The molecule has 2 heterocycles. The van der Waals surface area contributed by atoms with Gasteiger partial charge in [-0.25, -0.2) is 28.0 Å². The van der Waals surface area contributed by atoms with Gasteiger partial charge in [0.05, 0.1) is 43.5 Å². The summed E-state index contributed by atoms with van der Waals surface area (Å²) in [5.74, 6) is -0.625. The van der Waals surface area contributed by atoms with E-state index >= 15 is 0 Å². The first-order chi connectivity index (χ1) is 23.9. The number of benzene rings is 1. The number of sulfone groups is 1. The molecule has 4 rings (SSSR count). The second-order valence-corrected chi connectivity index (χ2v) is 18.9. The highest BCUT2D eigenvalue weighted by Crippen LogP contribution is 2.52. The summed E-state index contributed by atoms with van der Waals surface area (Å²) in [6.07, 6.45) is 8.80. The van der Waals surface area contributed by atoms with Crippen molar-refractivity contribution in [2.24, 2.45) is 5.92 Å². The molecule has 1 aromatic carbocycles. The summed E-state index contributed by atoms with van der Waals surface area (Å²) >= 11 is 2.27. The largest absolute Gasteiger partial charge is 0.465 e. The number of anilines is 2. The molecular weight excluding hydrogens is 752 g/mol. The standard InChI is InChI=1S/C23H33N2O6PS2.C10H14N2O4S.CH4/c1-4-30-32(27,31-5-2)16-19-15-24-23(33-19)25-22(26)21(14-17-8-6-7-9-17)18-10-12-20(13-11-18)34(3,28)29;1-10(2,3)16-9(14)12-8-11-5-6(17-8)7(13)15-4;/h10-13,15,17,21H,4-9,14,16H2,1-3H3,(H,24,25,26);5H,1-4H3,(H,11,12,14);1H4/t21-;;/m1../s1. The third-order valence-corrected chi connectivity index (χ3v) is 12.5. The van der Waals surface area contributed by atoms with Crippen molar-refractivity contribution in [3.05, 3.63) is 52.0 Å². The molecule has 2 aromatic heterocycles. The van der Waals surface area contributed by atoms with E-state index in [0.29, 0.717) is 32.4 Å². The average Bonchev–Trinajstić information content (AvgIpc) is 3.82. The minimum atomic E-state index is -3.31. The Kier molecular flexibility index (Phi) is 17.5. The van der Waals surface area contributed by atoms with Gasteiger partial charge in [0, 0.05) is 17.3 Å². The topological polar surface area (TPSA) is 189 Å². The lowest BCUT2D eigenvalue weighted by atomic mass is 9.87. The lowest BCUT2D eigenvalue weighted by Gasteiger charge is -2.20. The maximum absolute atomic E-state index is 13.3. The maximum Gasteiger partial charge on any atom is 0.413 e. The number of amides is 2. The molecule has 1 fully saturated rings. The Balaban J connectivity index is 0.000000439. The second-order valence-electron chi connectivity index (χ2n) is 12.7. The van der Waals surface area contributed by atoms with Crippen molar-refractivity contribution < 1.29 is 45.9 Å². The van der Waals surface area contributed by atoms with E-state index in [-0.39, 0.29) is 37.6 Å². The summed E-state index contributed by atoms with van der Waals surface area (Å²) in [5, 5.41) is 6.06. The number of nitrogens with one attached hydrogen (secondary N) is 2. The normalized spacial score (nSPS) is 14.0. The van der Waals surface area contributed by atoms with E-state index in [1.54, 1.807) is 65.1 Å². The van der Waals surface area contributed by atoms with Gasteiger partial charge in [-0.3, -0.25) is 14.7 Å². The Hall–Kier alpha value is -3.21. The van der Waals surface area contributed by atoms with Gasteiger partial charge in [-0.1, -0.05) is 56.6 Å². The molecule has 1 aliphatic carbocycles. The van der Waals surface area contributed by atoms with Gasteiger partial charge in [0.15, 0.2) is 20.1 Å². The van der Waals surface area contributed by atoms with Crippen LogP contribution in [0.3, 0.4) is 0 Å². The highest BCUT2D eigenvalue weighted by molar-refractivity contribution is 7.90. The van der Waals surface area contributed by atoms with Gasteiger partial charge in [0.25, 0.3) is 0 Å². The molecule has 1 aliphatic rings. The van der Waals surface area contributed by atoms with E-state index in [2.05, 4.69) is 25.3 Å². The summed E-state index contributed by atoms with van der Waals surface area (Å²) in [6.45, 7) is 9.35.